The first kappa shape index (κ1) is 18.2. The van der Waals surface area contributed by atoms with Gasteiger partial charge in [-0.2, -0.15) is 0 Å². The lowest BCUT2D eigenvalue weighted by Gasteiger charge is -2.13. The van der Waals surface area contributed by atoms with Crippen LogP contribution in [0.25, 0.3) is 0 Å². The number of rotatable bonds is 8. The number of amides is 2. The minimum absolute atomic E-state index is 0.0396. The van der Waals surface area contributed by atoms with Crippen molar-refractivity contribution in [3.63, 3.8) is 0 Å². The number of sulfonamides is 1. The molecular weight excluding hydrogens is 358 g/mol. The molecule has 2 aromatic rings. The second kappa shape index (κ2) is 7.73. The molecule has 0 unspecified atom stereocenters. The predicted octanol–water partition coefficient (Wildman–Crippen LogP) is 1.37. The first-order chi connectivity index (χ1) is 12.5. The highest BCUT2D eigenvalue weighted by Gasteiger charge is 2.36. The summed E-state index contributed by atoms with van der Waals surface area (Å²) in [6.45, 7) is 0.321. The fourth-order valence-corrected chi connectivity index (χ4v) is 3.47. The third-order valence-corrected chi connectivity index (χ3v) is 5.13. The van der Waals surface area contributed by atoms with Crippen LogP contribution < -0.4 is 4.72 Å². The number of aromatic nitrogens is 1. The number of fused-ring (bicyclic) bond motifs is 1. The Kier molecular flexibility index (Phi) is 5.40. The predicted molar refractivity (Wildman–Crippen MR) is 91.6 cm³/mol. The summed E-state index contributed by atoms with van der Waals surface area (Å²) in [6.07, 6.45) is 2.36. The Balaban J connectivity index is 1.42. The molecule has 0 bridgehead atoms. The molecule has 3 rings (SSSR count). The molecule has 26 heavy (non-hydrogen) atoms. The molecule has 0 radical (unpaired) electrons. The lowest BCUT2D eigenvalue weighted by atomic mass is 10.1. The smallest absolute Gasteiger partial charge is 0.266 e. The number of carbonyl (C=O) groups excluding carboxylic acids is 2. The molecule has 1 aromatic heterocycles. The second-order valence-electron chi connectivity index (χ2n) is 5.56. The van der Waals surface area contributed by atoms with Crippen LogP contribution in [0.2, 0.25) is 0 Å². The first-order valence-corrected chi connectivity index (χ1v) is 9.50. The molecule has 0 fully saturated rings. The number of hydrogen-bond donors (Lipinski definition) is 1. The van der Waals surface area contributed by atoms with Crippen molar-refractivity contribution in [1.82, 2.24) is 14.8 Å². The molecule has 0 atom stereocenters. The van der Waals surface area contributed by atoms with Crippen LogP contribution in [0.5, 0.6) is 0 Å². The van der Waals surface area contributed by atoms with E-state index in [1.165, 1.54) is 12.3 Å². The largest absolute Gasteiger partial charge is 0.285 e. The highest BCUT2D eigenvalue weighted by atomic mass is 32.2. The maximum atomic E-state index is 12.1. The van der Waals surface area contributed by atoms with Crippen molar-refractivity contribution in [3.05, 3.63) is 59.8 Å². The summed E-state index contributed by atoms with van der Waals surface area (Å²) in [7, 11) is -3.64. The maximum Gasteiger partial charge on any atom is 0.285 e. The van der Waals surface area contributed by atoms with Crippen molar-refractivity contribution in [2.24, 2.45) is 0 Å². The minimum atomic E-state index is -3.64. The van der Waals surface area contributed by atoms with Gasteiger partial charge in [-0.15, -0.1) is 5.06 Å². The average Bonchev–Trinajstić information content (AvgIpc) is 2.90. The molecule has 2 heterocycles. The Labute approximate surface area is 150 Å². The molecule has 9 heteroatoms. The quantitative estimate of drug-likeness (QED) is 0.552. The van der Waals surface area contributed by atoms with Gasteiger partial charge in [-0.1, -0.05) is 18.2 Å². The van der Waals surface area contributed by atoms with Gasteiger partial charge in [-0.25, -0.2) is 18.1 Å². The van der Waals surface area contributed by atoms with Gasteiger partial charge in [-0.05, 0) is 37.1 Å². The van der Waals surface area contributed by atoms with Gasteiger partial charge in [-0.3, -0.25) is 14.4 Å². The van der Waals surface area contributed by atoms with Gasteiger partial charge in [0.25, 0.3) is 21.8 Å². The van der Waals surface area contributed by atoms with Gasteiger partial charge < -0.3 is 0 Å². The van der Waals surface area contributed by atoms with Crippen molar-refractivity contribution < 1.29 is 22.8 Å². The van der Waals surface area contributed by atoms with E-state index in [2.05, 4.69) is 9.71 Å². The number of imide groups is 1. The third-order valence-electron chi connectivity index (χ3n) is 3.75. The van der Waals surface area contributed by atoms with Gasteiger partial charge in [0.2, 0.25) is 0 Å². The Bertz CT molecular complexity index is 880. The first-order valence-electron chi connectivity index (χ1n) is 8.02. The van der Waals surface area contributed by atoms with Gasteiger partial charge in [0.1, 0.15) is 0 Å². The molecular formula is C17H17N3O5S. The van der Waals surface area contributed by atoms with E-state index in [4.69, 9.17) is 4.84 Å². The molecule has 2 amide bonds. The van der Waals surface area contributed by atoms with Crippen LogP contribution in [0.4, 0.5) is 0 Å². The topological polar surface area (TPSA) is 106 Å². The number of pyridine rings is 1. The molecule has 0 aliphatic carbocycles. The Hall–Kier alpha value is -2.62. The normalized spacial score (nSPS) is 13.9. The molecule has 1 N–H and O–H groups in total. The second-order valence-corrected chi connectivity index (χ2v) is 7.27. The standard InChI is InChI=1S/C17H17N3O5S/c21-16-13-7-1-2-8-14(13)17(22)20(16)25-12-6-5-11-19-26(23,24)15-9-3-4-10-18-15/h1-4,7-10,19H,5-6,11-12H2. The van der Waals surface area contributed by atoms with Crippen molar-refractivity contribution in [2.75, 3.05) is 13.2 Å². The van der Waals surface area contributed by atoms with E-state index in [0.29, 0.717) is 24.0 Å². The van der Waals surface area contributed by atoms with Crippen LogP contribution in [-0.2, 0) is 14.9 Å². The van der Waals surface area contributed by atoms with Crippen molar-refractivity contribution in [1.29, 1.82) is 0 Å². The van der Waals surface area contributed by atoms with Gasteiger partial charge in [0.05, 0.1) is 17.7 Å². The van der Waals surface area contributed by atoms with E-state index in [0.717, 1.165) is 5.06 Å². The van der Waals surface area contributed by atoms with Crippen LogP contribution in [0, 0.1) is 0 Å². The van der Waals surface area contributed by atoms with Crippen LogP contribution in [0.15, 0.2) is 53.7 Å². The molecule has 0 saturated heterocycles. The Morgan fingerprint density at radius 3 is 2.23 bits per heavy atom. The minimum Gasteiger partial charge on any atom is -0.266 e. The van der Waals surface area contributed by atoms with E-state index in [1.54, 1.807) is 36.4 Å². The average molecular weight is 375 g/mol. The summed E-state index contributed by atoms with van der Waals surface area (Å²) in [5, 5.41) is 0.713. The van der Waals surface area contributed by atoms with E-state index in [-0.39, 0.29) is 18.2 Å². The number of unbranched alkanes of at least 4 members (excludes halogenated alkanes) is 1. The summed E-state index contributed by atoms with van der Waals surface area (Å²) < 4.78 is 26.4. The van der Waals surface area contributed by atoms with Crippen LogP contribution in [-0.4, -0.2) is 43.4 Å². The number of benzene rings is 1. The van der Waals surface area contributed by atoms with E-state index in [9.17, 15) is 18.0 Å². The SMILES string of the molecule is O=C1c2ccccc2C(=O)N1OCCCCNS(=O)(=O)c1ccccn1. The number of nitrogens with zero attached hydrogens (tertiary/aromatic N) is 2. The van der Waals surface area contributed by atoms with E-state index in [1.807, 2.05) is 0 Å². The molecule has 136 valence electrons. The molecule has 0 saturated carbocycles. The molecule has 1 aromatic carbocycles. The van der Waals surface area contributed by atoms with Gasteiger partial charge in [0, 0.05) is 12.7 Å². The summed E-state index contributed by atoms with van der Waals surface area (Å²) in [4.78, 5) is 33.3. The lowest BCUT2D eigenvalue weighted by Crippen LogP contribution is -2.30. The summed E-state index contributed by atoms with van der Waals surface area (Å²) >= 11 is 0. The van der Waals surface area contributed by atoms with Crippen molar-refractivity contribution >= 4 is 21.8 Å². The van der Waals surface area contributed by atoms with E-state index >= 15 is 0 Å². The Morgan fingerprint density at radius 2 is 1.62 bits per heavy atom. The van der Waals surface area contributed by atoms with Crippen LogP contribution in [0.1, 0.15) is 33.6 Å². The summed E-state index contributed by atoms with van der Waals surface area (Å²) in [5.74, 6) is -0.970. The fourth-order valence-electron chi connectivity index (χ4n) is 2.45. The van der Waals surface area contributed by atoms with Gasteiger partial charge >= 0.3 is 0 Å². The Morgan fingerprint density at radius 1 is 0.962 bits per heavy atom. The molecule has 1 aliphatic rings. The lowest BCUT2D eigenvalue weighted by molar-refractivity contribution is -0.0921. The number of hydroxylamine groups is 2. The summed E-state index contributed by atoms with van der Waals surface area (Å²) in [6, 6.07) is 11.2. The van der Waals surface area contributed by atoms with Gasteiger partial charge in [0.15, 0.2) is 5.03 Å². The zero-order valence-electron chi connectivity index (χ0n) is 13.8. The fraction of sp³-hybridized carbons (Fsp3) is 0.235. The molecule has 0 spiro atoms. The maximum absolute atomic E-state index is 12.1. The zero-order chi connectivity index (χ0) is 18.6. The summed E-state index contributed by atoms with van der Waals surface area (Å²) in [5.41, 5.74) is 0.640. The molecule has 1 aliphatic heterocycles. The zero-order valence-corrected chi connectivity index (χ0v) is 14.6. The van der Waals surface area contributed by atoms with E-state index < -0.39 is 21.8 Å². The third kappa shape index (κ3) is 3.79. The number of nitrogens with one attached hydrogen (secondary N) is 1. The van der Waals surface area contributed by atoms with Crippen molar-refractivity contribution in [3.8, 4) is 0 Å². The monoisotopic (exact) mass is 375 g/mol. The number of carbonyl (C=O) groups is 2. The highest BCUT2D eigenvalue weighted by molar-refractivity contribution is 7.89. The van der Waals surface area contributed by atoms with Crippen LogP contribution >= 0.6 is 0 Å². The highest BCUT2D eigenvalue weighted by Crippen LogP contribution is 2.22. The molecule has 8 nitrogen and oxygen atoms in total. The van der Waals surface area contributed by atoms with Crippen molar-refractivity contribution in [2.45, 2.75) is 17.9 Å². The van der Waals surface area contributed by atoms with Crippen LogP contribution in [0.3, 0.4) is 0 Å². The number of hydrogen-bond acceptors (Lipinski definition) is 6.